The Balaban J connectivity index is 0.00000200. The summed E-state index contributed by atoms with van der Waals surface area (Å²) in [6, 6.07) is 4.29. The molecule has 1 aromatic rings. The van der Waals surface area contributed by atoms with Gasteiger partial charge in [-0.25, -0.2) is 4.39 Å². The highest BCUT2D eigenvalue weighted by atomic mass is 35.5. The number of nitrogens with one attached hydrogen (secondary N) is 2. The molecule has 0 saturated carbocycles. The van der Waals surface area contributed by atoms with Crippen molar-refractivity contribution in [1.82, 2.24) is 5.32 Å². The van der Waals surface area contributed by atoms with Crippen molar-refractivity contribution >= 4 is 24.0 Å². The molecule has 112 valence electrons. The first-order valence-corrected chi connectivity index (χ1v) is 6.45. The van der Waals surface area contributed by atoms with Gasteiger partial charge in [0.1, 0.15) is 11.6 Å². The third-order valence-electron chi connectivity index (χ3n) is 3.54. The lowest BCUT2D eigenvalue weighted by molar-refractivity contribution is -0.122. The van der Waals surface area contributed by atoms with Crippen molar-refractivity contribution in [3.8, 4) is 5.75 Å². The number of halogens is 2. The molecule has 1 unspecified atom stereocenters. The predicted octanol–water partition coefficient (Wildman–Crippen LogP) is 2.73. The van der Waals surface area contributed by atoms with E-state index in [1.165, 1.54) is 25.3 Å². The Kier molecular flexibility index (Phi) is 5.77. The molecule has 1 fully saturated rings. The monoisotopic (exact) mass is 302 g/mol. The number of methoxy groups -OCH3 is 1. The number of piperidine rings is 1. The Bertz CT molecular complexity index is 476. The summed E-state index contributed by atoms with van der Waals surface area (Å²) in [6.07, 6.45) is 2.82. The predicted molar refractivity (Wildman–Crippen MR) is 79.1 cm³/mol. The second-order valence-corrected chi connectivity index (χ2v) is 5.02. The van der Waals surface area contributed by atoms with Crippen LogP contribution in [0.25, 0.3) is 0 Å². The van der Waals surface area contributed by atoms with E-state index in [-0.39, 0.29) is 24.0 Å². The largest absolute Gasteiger partial charge is 0.497 e. The molecule has 2 rings (SSSR count). The van der Waals surface area contributed by atoms with Crippen LogP contribution in [0.4, 0.5) is 10.1 Å². The Morgan fingerprint density at radius 1 is 1.45 bits per heavy atom. The van der Waals surface area contributed by atoms with E-state index in [1.807, 2.05) is 6.92 Å². The minimum atomic E-state index is -0.631. The van der Waals surface area contributed by atoms with E-state index in [0.29, 0.717) is 5.75 Å². The maximum absolute atomic E-state index is 13.7. The Morgan fingerprint density at radius 2 is 2.20 bits per heavy atom. The van der Waals surface area contributed by atoms with Gasteiger partial charge in [0.25, 0.3) is 0 Å². The van der Waals surface area contributed by atoms with Crippen LogP contribution in [0.3, 0.4) is 0 Å². The Labute approximate surface area is 124 Å². The van der Waals surface area contributed by atoms with E-state index in [4.69, 9.17) is 4.74 Å². The summed E-state index contributed by atoms with van der Waals surface area (Å²) in [5, 5.41) is 5.84. The molecular formula is C14H20ClFN2O2. The van der Waals surface area contributed by atoms with E-state index < -0.39 is 11.4 Å². The molecule has 6 heteroatoms. The van der Waals surface area contributed by atoms with Crippen molar-refractivity contribution in [2.24, 2.45) is 0 Å². The van der Waals surface area contributed by atoms with Gasteiger partial charge in [-0.1, -0.05) is 0 Å². The smallest absolute Gasteiger partial charge is 0.244 e. The Hall–Kier alpha value is -1.33. The van der Waals surface area contributed by atoms with Gasteiger partial charge in [0, 0.05) is 6.07 Å². The second-order valence-electron chi connectivity index (χ2n) is 5.02. The molecule has 1 heterocycles. The van der Waals surface area contributed by atoms with Gasteiger partial charge in [0.2, 0.25) is 5.91 Å². The standard InChI is InChI=1S/C14H19FN2O2.ClH/c1-14(7-3-4-8-16-14)13(18)17-12-9-10(19-2)5-6-11(12)15;/h5-6,9,16H,3-4,7-8H2,1-2H3,(H,17,18);1H. The molecule has 2 N–H and O–H groups in total. The van der Waals surface area contributed by atoms with Crippen LogP contribution in [0.5, 0.6) is 5.75 Å². The van der Waals surface area contributed by atoms with Gasteiger partial charge in [-0.3, -0.25) is 4.79 Å². The van der Waals surface area contributed by atoms with E-state index >= 15 is 0 Å². The summed E-state index contributed by atoms with van der Waals surface area (Å²) in [6.45, 7) is 2.66. The van der Waals surface area contributed by atoms with Crippen LogP contribution in [0.2, 0.25) is 0 Å². The topological polar surface area (TPSA) is 50.4 Å². The van der Waals surface area contributed by atoms with Crippen molar-refractivity contribution < 1.29 is 13.9 Å². The van der Waals surface area contributed by atoms with E-state index in [9.17, 15) is 9.18 Å². The highest BCUT2D eigenvalue weighted by molar-refractivity contribution is 5.98. The first-order valence-electron chi connectivity index (χ1n) is 6.45. The lowest BCUT2D eigenvalue weighted by atomic mass is 9.90. The number of anilines is 1. The maximum Gasteiger partial charge on any atom is 0.244 e. The molecule has 20 heavy (non-hydrogen) atoms. The third-order valence-corrected chi connectivity index (χ3v) is 3.54. The summed E-state index contributed by atoms with van der Waals surface area (Å²) in [5.41, 5.74) is -0.480. The van der Waals surface area contributed by atoms with Crippen LogP contribution in [0, 0.1) is 5.82 Å². The van der Waals surface area contributed by atoms with Gasteiger partial charge in [-0.05, 0) is 44.9 Å². The third kappa shape index (κ3) is 3.61. The summed E-state index contributed by atoms with van der Waals surface area (Å²) < 4.78 is 18.7. The molecule has 1 atom stereocenters. The fourth-order valence-electron chi connectivity index (χ4n) is 2.24. The fraction of sp³-hybridized carbons (Fsp3) is 0.500. The SMILES string of the molecule is COc1ccc(F)c(NC(=O)C2(C)CCCCN2)c1.Cl. The number of benzene rings is 1. The molecule has 0 aromatic heterocycles. The quantitative estimate of drug-likeness (QED) is 0.902. The van der Waals surface area contributed by atoms with Gasteiger partial charge in [0.15, 0.2) is 0 Å². The lowest BCUT2D eigenvalue weighted by Gasteiger charge is -2.33. The number of carbonyl (C=O) groups is 1. The van der Waals surface area contributed by atoms with Crippen molar-refractivity contribution in [2.45, 2.75) is 31.7 Å². The molecule has 1 aliphatic rings. The van der Waals surface area contributed by atoms with Gasteiger partial charge in [-0.2, -0.15) is 0 Å². The summed E-state index contributed by atoms with van der Waals surface area (Å²) in [4.78, 5) is 12.3. The molecule has 4 nitrogen and oxygen atoms in total. The zero-order valence-corrected chi connectivity index (χ0v) is 12.5. The number of hydrogen-bond acceptors (Lipinski definition) is 3. The van der Waals surface area contributed by atoms with Gasteiger partial charge < -0.3 is 15.4 Å². The van der Waals surface area contributed by atoms with Crippen LogP contribution in [-0.2, 0) is 4.79 Å². The molecule has 1 amide bonds. The summed E-state index contributed by atoms with van der Waals surface area (Å²) >= 11 is 0. The van der Waals surface area contributed by atoms with Gasteiger partial charge >= 0.3 is 0 Å². The summed E-state index contributed by atoms with van der Waals surface area (Å²) in [7, 11) is 1.50. The minimum Gasteiger partial charge on any atom is -0.497 e. The first-order chi connectivity index (χ1) is 9.05. The number of hydrogen-bond donors (Lipinski definition) is 2. The van der Waals surface area contributed by atoms with Crippen LogP contribution in [0.15, 0.2) is 18.2 Å². The second kappa shape index (κ2) is 6.90. The van der Waals surface area contributed by atoms with Crippen LogP contribution >= 0.6 is 12.4 Å². The van der Waals surface area contributed by atoms with Crippen molar-refractivity contribution in [3.63, 3.8) is 0 Å². The first kappa shape index (κ1) is 16.7. The number of amides is 1. The molecule has 0 aliphatic carbocycles. The van der Waals surface area contributed by atoms with E-state index in [0.717, 1.165) is 25.8 Å². The highest BCUT2D eigenvalue weighted by Crippen LogP contribution is 2.24. The molecule has 1 saturated heterocycles. The van der Waals surface area contributed by atoms with Crippen LogP contribution < -0.4 is 15.4 Å². The number of rotatable bonds is 3. The van der Waals surface area contributed by atoms with Crippen LogP contribution in [-0.4, -0.2) is 25.1 Å². The molecule has 0 bridgehead atoms. The average molecular weight is 303 g/mol. The Morgan fingerprint density at radius 3 is 2.80 bits per heavy atom. The zero-order valence-electron chi connectivity index (χ0n) is 11.7. The molecule has 1 aliphatic heterocycles. The average Bonchev–Trinajstić information content (AvgIpc) is 2.42. The number of ether oxygens (including phenoxy) is 1. The molecule has 0 radical (unpaired) electrons. The molecular weight excluding hydrogens is 283 g/mol. The maximum atomic E-state index is 13.7. The van der Waals surface area contributed by atoms with Crippen molar-refractivity contribution in [2.75, 3.05) is 19.0 Å². The van der Waals surface area contributed by atoms with E-state index in [2.05, 4.69) is 10.6 Å². The highest BCUT2D eigenvalue weighted by Gasteiger charge is 2.34. The minimum absolute atomic E-state index is 0. The molecule has 0 spiro atoms. The molecule has 1 aromatic carbocycles. The number of carbonyl (C=O) groups excluding carboxylic acids is 1. The zero-order chi connectivity index (χ0) is 13.9. The van der Waals surface area contributed by atoms with Gasteiger partial charge in [0.05, 0.1) is 18.3 Å². The van der Waals surface area contributed by atoms with E-state index in [1.54, 1.807) is 0 Å². The normalized spacial score (nSPS) is 21.8. The summed E-state index contributed by atoms with van der Waals surface area (Å²) in [5.74, 6) is -0.161. The van der Waals surface area contributed by atoms with Crippen molar-refractivity contribution in [3.05, 3.63) is 24.0 Å². The van der Waals surface area contributed by atoms with Gasteiger partial charge in [-0.15, -0.1) is 12.4 Å². The lowest BCUT2D eigenvalue weighted by Crippen LogP contribution is -2.54. The fourth-order valence-corrected chi connectivity index (χ4v) is 2.24. The van der Waals surface area contributed by atoms with Crippen LogP contribution in [0.1, 0.15) is 26.2 Å². The van der Waals surface area contributed by atoms with Crippen molar-refractivity contribution in [1.29, 1.82) is 0 Å².